The first kappa shape index (κ1) is 13.8. The predicted molar refractivity (Wildman–Crippen MR) is 69.9 cm³/mol. The lowest BCUT2D eigenvalue weighted by Gasteiger charge is -2.31. The molecule has 1 unspecified atom stereocenters. The van der Waals surface area contributed by atoms with Gasteiger partial charge in [-0.25, -0.2) is 0 Å². The molecule has 0 N–H and O–H groups in total. The fourth-order valence-corrected chi connectivity index (χ4v) is 2.41. The Kier molecular flexibility index (Phi) is 4.37. The standard InChI is InChI=1S/C13H15ClN2O3/c1-19-13(18)9-3-2-6-16(8-9)12(17)10-7-15-5-4-11(10)14/h4-5,7,9H,2-3,6,8H2,1H3. The van der Waals surface area contributed by atoms with E-state index < -0.39 is 0 Å². The summed E-state index contributed by atoms with van der Waals surface area (Å²) in [6.07, 6.45) is 4.51. The van der Waals surface area contributed by atoms with Gasteiger partial charge in [0.1, 0.15) is 0 Å². The second-order valence-electron chi connectivity index (χ2n) is 4.47. The van der Waals surface area contributed by atoms with Crippen molar-refractivity contribution in [3.05, 3.63) is 29.0 Å². The van der Waals surface area contributed by atoms with E-state index >= 15 is 0 Å². The predicted octanol–water partition coefficient (Wildman–Crippen LogP) is 1.76. The summed E-state index contributed by atoms with van der Waals surface area (Å²) in [5.74, 6) is -0.709. The molecule has 1 aromatic rings. The number of hydrogen-bond acceptors (Lipinski definition) is 4. The molecular weight excluding hydrogens is 268 g/mol. The van der Waals surface area contributed by atoms with E-state index in [9.17, 15) is 9.59 Å². The van der Waals surface area contributed by atoms with Crippen LogP contribution in [0.2, 0.25) is 5.02 Å². The molecule has 2 heterocycles. The molecule has 0 spiro atoms. The third-order valence-electron chi connectivity index (χ3n) is 3.24. The van der Waals surface area contributed by atoms with Crippen molar-refractivity contribution in [2.75, 3.05) is 20.2 Å². The van der Waals surface area contributed by atoms with Crippen molar-refractivity contribution in [1.82, 2.24) is 9.88 Å². The van der Waals surface area contributed by atoms with Crippen LogP contribution in [0.4, 0.5) is 0 Å². The lowest BCUT2D eigenvalue weighted by molar-refractivity contribution is -0.146. The molecule has 1 aliphatic heterocycles. The minimum Gasteiger partial charge on any atom is -0.469 e. The van der Waals surface area contributed by atoms with Gasteiger partial charge in [-0.05, 0) is 18.9 Å². The van der Waals surface area contributed by atoms with Crippen molar-refractivity contribution < 1.29 is 14.3 Å². The van der Waals surface area contributed by atoms with Crippen LogP contribution in [0.5, 0.6) is 0 Å². The van der Waals surface area contributed by atoms with Gasteiger partial charge in [-0.1, -0.05) is 11.6 Å². The van der Waals surface area contributed by atoms with Crippen LogP contribution in [0.1, 0.15) is 23.2 Å². The number of methoxy groups -OCH3 is 1. The van der Waals surface area contributed by atoms with Crippen LogP contribution in [-0.2, 0) is 9.53 Å². The van der Waals surface area contributed by atoms with Crippen molar-refractivity contribution in [3.8, 4) is 0 Å². The smallest absolute Gasteiger partial charge is 0.310 e. The first-order valence-electron chi connectivity index (χ1n) is 6.10. The number of halogens is 1. The van der Waals surface area contributed by atoms with Crippen LogP contribution in [0.15, 0.2) is 18.5 Å². The van der Waals surface area contributed by atoms with Gasteiger partial charge in [-0.3, -0.25) is 14.6 Å². The van der Waals surface area contributed by atoms with Gasteiger partial charge in [0.2, 0.25) is 0 Å². The molecule has 6 heteroatoms. The van der Waals surface area contributed by atoms with E-state index in [1.165, 1.54) is 19.5 Å². The highest BCUT2D eigenvalue weighted by atomic mass is 35.5. The van der Waals surface area contributed by atoms with E-state index in [0.717, 1.165) is 12.8 Å². The SMILES string of the molecule is COC(=O)C1CCCN(C(=O)c2cnccc2Cl)C1. The molecule has 0 radical (unpaired) electrons. The maximum absolute atomic E-state index is 12.3. The van der Waals surface area contributed by atoms with Crippen LogP contribution in [0, 0.1) is 5.92 Å². The number of pyridine rings is 1. The Bertz CT molecular complexity index is 493. The lowest BCUT2D eigenvalue weighted by atomic mass is 9.97. The highest BCUT2D eigenvalue weighted by Gasteiger charge is 2.30. The molecule has 0 aliphatic carbocycles. The highest BCUT2D eigenvalue weighted by molar-refractivity contribution is 6.33. The van der Waals surface area contributed by atoms with Gasteiger partial charge in [0.05, 0.1) is 23.6 Å². The minimum atomic E-state index is -0.269. The fraction of sp³-hybridized carbons (Fsp3) is 0.462. The number of ether oxygens (including phenoxy) is 1. The monoisotopic (exact) mass is 282 g/mol. The Morgan fingerprint density at radius 2 is 2.32 bits per heavy atom. The van der Waals surface area contributed by atoms with Crippen LogP contribution < -0.4 is 0 Å². The zero-order valence-electron chi connectivity index (χ0n) is 10.6. The third kappa shape index (κ3) is 3.04. The maximum Gasteiger partial charge on any atom is 0.310 e. The van der Waals surface area contributed by atoms with Gasteiger partial charge in [-0.2, -0.15) is 0 Å². The molecule has 0 aromatic carbocycles. The van der Waals surface area contributed by atoms with Crippen molar-refractivity contribution in [2.24, 2.45) is 5.92 Å². The molecular formula is C13H15ClN2O3. The molecule has 102 valence electrons. The van der Waals surface area contributed by atoms with Crippen molar-refractivity contribution in [1.29, 1.82) is 0 Å². The average molecular weight is 283 g/mol. The highest BCUT2D eigenvalue weighted by Crippen LogP contribution is 2.22. The number of aromatic nitrogens is 1. The number of likely N-dealkylation sites (tertiary alicyclic amines) is 1. The number of hydrogen-bond donors (Lipinski definition) is 0. The van der Waals surface area contributed by atoms with Crippen molar-refractivity contribution in [2.45, 2.75) is 12.8 Å². The minimum absolute atomic E-state index is 0.188. The number of esters is 1. The van der Waals surface area contributed by atoms with Gasteiger partial charge in [-0.15, -0.1) is 0 Å². The number of piperidine rings is 1. The molecule has 0 bridgehead atoms. The second kappa shape index (κ2) is 6.02. The molecule has 19 heavy (non-hydrogen) atoms. The number of nitrogens with zero attached hydrogens (tertiary/aromatic N) is 2. The van der Waals surface area contributed by atoms with E-state index in [1.807, 2.05) is 0 Å². The van der Waals surface area contributed by atoms with E-state index in [4.69, 9.17) is 16.3 Å². The van der Waals surface area contributed by atoms with Crippen LogP contribution in [0.25, 0.3) is 0 Å². The molecule has 1 fully saturated rings. The molecule has 2 rings (SSSR count). The molecule has 1 amide bonds. The molecule has 1 aliphatic rings. The van der Waals surface area contributed by atoms with Gasteiger partial charge in [0.15, 0.2) is 0 Å². The van der Waals surface area contributed by atoms with E-state index in [2.05, 4.69) is 4.98 Å². The molecule has 0 saturated carbocycles. The second-order valence-corrected chi connectivity index (χ2v) is 4.88. The first-order chi connectivity index (χ1) is 9.13. The largest absolute Gasteiger partial charge is 0.469 e. The maximum atomic E-state index is 12.3. The summed E-state index contributed by atoms with van der Waals surface area (Å²) in [4.78, 5) is 29.4. The summed E-state index contributed by atoms with van der Waals surface area (Å²) < 4.78 is 4.73. The first-order valence-corrected chi connectivity index (χ1v) is 6.48. The van der Waals surface area contributed by atoms with Gasteiger partial charge in [0, 0.05) is 25.5 Å². The summed E-state index contributed by atoms with van der Waals surface area (Å²) in [7, 11) is 1.36. The Balaban J connectivity index is 2.11. The van der Waals surface area contributed by atoms with E-state index in [-0.39, 0.29) is 17.8 Å². The van der Waals surface area contributed by atoms with Gasteiger partial charge in [0.25, 0.3) is 5.91 Å². The Labute approximate surface area is 116 Å². The topological polar surface area (TPSA) is 59.5 Å². The Hall–Kier alpha value is -1.62. The summed E-state index contributed by atoms with van der Waals surface area (Å²) in [5.41, 5.74) is 0.370. The molecule has 1 aromatic heterocycles. The van der Waals surface area contributed by atoms with Crippen molar-refractivity contribution >= 4 is 23.5 Å². The number of amides is 1. The quantitative estimate of drug-likeness (QED) is 0.776. The zero-order valence-corrected chi connectivity index (χ0v) is 11.4. The normalized spacial score (nSPS) is 19.1. The molecule has 1 saturated heterocycles. The van der Waals surface area contributed by atoms with Crippen LogP contribution in [0.3, 0.4) is 0 Å². The van der Waals surface area contributed by atoms with E-state index in [1.54, 1.807) is 11.0 Å². The third-order valence-corrected chi connectivity index (χ3v) is 3.57. The zero-order chi connectivity index (χ0) is 13.8. The number of rotatable bonds is 2. The summed E-state index contributed by atoms with van der Waals surface area (Å²) >= 11 is 5.99. The summed E-state index contributed by atoms with van der Waals surface area (Å²) in [6, 6.07) is 1.58. The number of carbonyl (C=O) groups excluding carboxylic acids is 2. The average Bonchev–Trinajstić information content (AvgIpc) is 2.46. The summed E-state index contributed by atoms with van der Waals surface area (Å²) in [6.45, 7) is 0.994. The Morgan fingerprint density at radius 1 is 1.53 bits per heavy atom. The lowest BCUT2D eigenvalue weighted by Crippen LogP contribution is -2.42. The fourth-order valence-electron chi connectivity index (χ4n) is 2.23. The van der Waals surface area contributed by atoms with Gasteiger partial charge < -0.3 is 9.64 Å². The van der Waals surface area contributed by atoms with Crippen LogP contribution in [-0.4, -0.2) is 42.0 Å². The van der Waals surface area contributed by atoms with Crippen molar-refractivity contribution in [3.63, 3.8) is 0 Å². The van der Waals surface area contributed by atoms with Crippen LogP contribution >= 0.6 is 11.6 Å². The summed E-state index contributed by atoms with van der Waals surface area (Å²) in [5, 5.41) is 0.375. The Morgan fingerprint density at radius 3 is 3.00 bits per heavy atom. The van der Waals surface area contributed by atoms with E-state index in [0.29, 0.717) is 23.7 Å². The number of carbonyl (C=O) groups is 2. The molecule has 1 atom stereocenters. The van der Waals surface area contributed by atoms with Gasteiger partial charge >= 0.3 is 5.97 Å². The molecule has 5 nitrogen and oxygen atoms in total.